The van der Waals surface area contributed by atoms with E-state index in [1.54, 1.807) is 0 Å². The smallest absolute Gasteiger partial charge is 0.316 e. The van der Waals surface area contributed by atoms with Crippen LogP contribution in [-0.2, 0) is 21.4 Å². The van der Waals surface area contributed by atoms with Crippen molar-refractivity contribution in [1.82, 2.24) is 0 Å². The van der Waals surface area contributed by atoms with Crippen LogP contribution in [0, 0.1) is 0 Å². The van der Waals surface area contributed by atoms with E-state index < -0.39 is 5.41 Å². The zero-order valence-corrected chi connectivity index (χ0v) is 14.8. The molecule has 0 heterocycles. The summed E-state index contributed by atoms with van der Waals surface area (Å²) in [6, 6.07) is 20.5. The van der Waals surface area contributed by atoms with Gasteiger partial charge in [0.25, 0.3) is 0 Å². The highest BCUT2D eigenvalue weighted by Crippen LogP contribution is 2.36. The van der Waals surface area contributed by atoms with Gasteiger partial charge >= 0.3 is 5.97 Å². The molecule has 1 atom stereocenters. The maximum Gasteiger partial charge on any atom is 0.316 e. The van der Waals surface area contributed by atoms with Gasteiger partial charge in [-0.2, -0.15) is 0 Å². The topological polar surface area (TPSA) is 26.3 Å². The Bertz CT molecular complexity index is 606. The molecule has 0 fully saturated rings. The minimum absolute atomic E-state index is 0.0828. The molecule has 0 saturated heterocycles. The van der Waals surface area contributed by atoms with Gasteiger partial charge in [-0.15, -0.1) is 0 Å². The molecule has 0 aliphatic rings. The van der Waals surface area contributed by atoms with Crippen LogP contribution < -0.4 is 0 Å². The summed E-state index contributed by atoms with van der Waals surface area (Å²) in [5.74, 6) is -0.0828. The fraction of sp³-hybridized carbons (Fsp3) is 0.409. The zero-order chi connectivity index (χ0) is 17.3. The van der Waals surface area contributed by atoms with Crippen molar-refractivity contribution >= 4 is 5.97 Å². The molecule has 2 nitrogen and oxygen atoms in total. The third-order valence-corrected chi connectivity index (χ3v) is 4.63. The van der Waals surface area contributed by atoms with Crippen LogP contribution in [-0.4, -0.2) is 12.6 Å². The summed E-state index contributed by atoms with van der Waals surface area (Å²) < 4.78 is 5.51. The lowest BCUT2D eigenvalue weighted by molar-refractivity contribution is -0.151. The van der Waals surface area contributed by atoms with Crippen LogP contribution >= 0.6 is 0 Å². The molecule has 2 aromatic carbocycles. The van der Waals surface area contributed by atoms with Crippen molar-refractivity contribution in [1.29, 1.82) is 0 Å². The fourth-order valence-electron chi connectivity index (χ4n) is 3.24. The maximum absolute atomic E-state index is 13.0. The van der Waals surface area contributed by atoms with Crippen LogP contribution in [0.2, 0.25) is 0 Å². The number of benzene rings is 2. The van der Waals surface area contributed by atoms with Gasteiger partial charge in [-0.25, -0.2) is 0 Å². The molecule has 0 N–H and O–H groups in total. The minimum Gasteiger partial charge on any atom is -0.465 e. The van der Waals surface area contributed by atoms with Crippen LogP contribution in [0.3, 0.4) is 0 Å². The van der Waals surface area contributed by atoms with Gasteiger partial charge in [0.15, 0.2) is 0 Å². The van der Waals surface area contributed by atoms with Crippen LogP contribution in [0.25, 0.3) is 0 Å². The lowest BCUT2D eigenvalue weighted by atomic mass is 9.72. The average molecular weight is 324 g/mol. The molecule has 0 aliphatic carbocycles. The minimum atomic E-state index is -0.552. The molecule has 0 unspecified atom stereocenters. The molecule has 0 aromatic heterocycles. The first kappa shape index (κ1) is 18.3. The van der Waals surface area contributed by atoms with E-state index in [-0.39, 0.29) is 5.97 Å². The van der Waals surface area contributed by atoms with E-state index in [0.717, 1.165) is 37.7 Å². The van der Waals surface area contributed by atoms with Crippen LogP contribution in [0.5, 0.6) is 0 Å². The lowest BCUT2D eigenvalue weighted by Crippen LogP contribution is -2.38. The Morgan fingerprint density at radius 2 is 1.54 bits per heavy atom. The Labute approximate surface area is 145 Å². The van der Waals surface area contributed by atoms with E-state index in [4.69, 9.17) is 4.74 Å². The van der Waals surface area contributed by atoms with Crippen molar-refractivity contribution in [2.75, 3.05) is 6.61 Å². The first-order valence-electron chi connectivity index (χ1n) is 8.99. The normalized spacial score (nSPS) is 13.2. The van der Waals surface area contributed by atoms with Crippen molar-refractivity contribution in [3.63, 3.8) is 0 Å². The first-order valence-corrected chi connectivity index (χ1v) is 8.99. The van der Waals surface area contributed by atoms with Gasteiger partial charge in [-0.3, -0.25) is 4.79 Å². The number of carbonyl (C=O) groups excluding carboxylic acids is 1. The fourth-order valence-corrected chi connectivity index (χ4v) is 3.24. The summed E-state index contributed by atoms with van der Waals surface area (Å²) in [5.41, 5.74) is 1.79. The van der Waals surface area contributed by atoms with E-state index in [9.17, 15) is 4.79 Å². The SMILES string of the molecule is CCCC[C@@](CCc1ccccc1)(C(=O)OCC)c1ccccc1. The monoisotopic (exact) mass is 324 g/mol. The number of aryl methyl sites for hydroxylation is 1. The highest BCUT2D eigenvalue weighted by atomic mass is 16.5. The van der Waals surface area contributed by atoms with Gasteiger partial charge in [-0.05, 0) is 37.3 Å². The van der Waals surface area contributed by atoms with Crippen molar-refractivity contribution in [2.24, 2.45) is 0 Å². The Morgan fingerprint density at radius 1 is 0.917 bits per heavy atom. The molecule has 128 valence electrons. The highest BCUT2D eigenvalue weighted by molar-refractivity contribution is 5.83. The van der Waals surface area contributed by atoms with Crippen molar-refractivity contribution in [2.45, 2.75) is 51.4 Å². The summed E-state index contributed by atoms with van der Waals surface area (Å²) in [7, 11) is 0. The molecule has 0 bridgehead atoms. The molecule has 2 aromatic rings. The molecule has 0 spiro atoms. The average Bonchev–Trinajstić information content (AvgIpc) is 2.64. The Balaban J connectivity index is 2.34. The summed E-state index contributed by atoms with van der Waals surface area (Å²) in [6.45, 7) is 4.47. The Hall–Kier alpha value is -2.09. The second kappa shape index (κ2) is 9.27. The Kier molecular flexibility index (Phi) is 7.05. The lowest BCUT2D eigenvalue weighted by Gasteiger charge is -2.32. The standard InChI is InChI=1S/C22H28O2/c1-3-5-17-22(21(23)24-4-2,20-14-10-7-11-15-20)18-16-19-12-8-6-9-13-19/h6-15H,3-5,16-18H2,1-2H3/t22-/m0/s1. The van der Waals surface area contributed by atoms with Crippen molar-refractivity contribution in [3.8, 4) is 0 Å². The molecule has 0 aliphatic heterocycles. The quantitative estimate of drug-likeness (QED) is 0.584. The van der Waals surface area contributed by atoms with Crippen LogP contribution in [0.4, 0.5) is 0 Å². The summed E-state index contributed by atoms with van der Waals surface area (Å²) in [6.07, 6.45) is 4.57. The van der Waals surface area contributed by atoms with E-state index >= 15 is 0 Å². The van der Waals surface area contributed by atoms with Gasteiger partial charge in [-0.1, -0.05) is 80.4 Å². The highest BCUT2D eigenvalue weighted by Gasteiger charge is 2.40. The number of esters is 1. The zero-order valence-electron chi connectivity index (χ0n) is 14.8. The molecule has 0 saturated carbocycles. The number of unbranched alkanes of at least 4 members (excludes halogenated alkanes) is 1. The first-order chi connectivity index (χ1) is 11.7. The Morgan fingerprint density at radius 3 is 2.12 bits per heavy atom. The van der Waals surface area contributed by atoms with Gasteiger partial charge in [0.2, 0.25) is 0 Å². The summed E-state index contributed by atoms with van der Waals surface area (Å²) in [4.78, 5) is 13.0. The molecular formula is C22H28O2. The molecule has 2 heteroatoms. The summed E-state index contributed by atoms with van der Waals surface area (Å²) >= 11 is 0. The van der Waals surface area contributed by atoms with Gasteiger partial charge in [0.1, 0.15) is 0 Å². The predicted molar refractivity (Wildman–Crippen MR) is 99.0 cm³/mol. The molecule has 2 rings (SSSR count). The second-order valence-electron chi connectivity index (χ2n) is 6.26. The van der Waals surface area contributed by atoms with E-state index in [0.29, 0.717) is 6.61 Å². The molecule has 0 radical (unpaired) electrons. The van der Waals surface area contributed by atoms with Gasteiger partial charge in [0.05, 0.1) is 12.0 Å². The molecule has 0 amide bonds. The number of ether oxygens (including phenoxy) is 1. The predicted octanol–water partition coefficient (Wildman–Crippen LogP) is 5.31. The van der Waals surface area contributed by atoms with Crippen LogP contribution in [0.15, 0.2) is 60.7 Å². The van der Waals surface area contributed by atoms with E-state index in [1.807, 2.05) is 31.2 Å². The van der Waals surface area contributed by atoms with Crippen molar-refractivity contribution in [3.05, 3.63) is 71.8 Å². The number of carbonyl (C=O) groups is 1. The third-order valence-electron chi connectivity index (χ3n) is 4.63. The molecular weight excluding hydrogens is 296 g/mol. The molecule has 24 heavy (non-hydrogen) atoms. The van der Waals surface area contributed by atoms with Gasteiger partial charge in [0, 0.05) is 0 Å². The largest absolute Gasteiger partial charge is 0.465 e. The third kappa shape index (κ3) is 4.47. The van der Waals surface area contributed by atoms with E-state index in [2.05, 4.69) is 43.3 Å². The number of rotatable bonds is 9. The maximum atomic E-state index is 13.0. The number of hydrogen-bond donors (Lipinski definition) is 0. The van der Waals surface area contributed by atoms with Crippen molar-refractivity contribution < 1.29 is 9.53 Å². The van der Waals surface area contributed by atoms with Crippen LogP contribution in [0.1, 0.15) is 50.7 Å². The summed E-state index contributed by atoms with van der Waals surface area (Å²) in [5, 5.41) is 0. The number of hydrogen-bond acceptors (Lipinski definition) is 2. The van der Waals surface area contributed by atoms with E-state index in [1.165, 1.54) is 5.56 Å². The second-order valence-corrected chi connectivity index (χ2v) is 6.26. The van der Waals surface area contributed by atoms with Gasteiger partial charge < -0.3 is 4.74 Å².